The Morgan fingerprint density at radius 1 is 1.35 bits per heavy atom. The van der Waals surface area contributed by atoms with Crippen molar-refractivity contribution in [3.8, 4) is 5.75 Å². The average Bonchev–Trinajstić information content (AvgIpc) is 2.86. The summed E-state index contributed by atoms with van der Waals surface area (Å²) in [4.78, 5) is 0. The van der Waals surface area contributed by atoms with Crippen molar-refractivity contribution in [3.63, 3.8) is 0 Å². The summed E-state index contributed by atoms with van der Waals surface area (Å²) in [6.45, 7) is 7.87. The molecule has 0 aliphatic heterocycles. The van der Waals surface area contributed by atoms with Gasteiger partial charge in [0.15, 0.2) is 0 Å². The minimum Gasteiger partial charge on any atom is -0.496 e. The molecule has 0 spiro atoms. The molecule has 1 fully saturated rings. The first-order valence-electron chi connectivity index (χ1n) is 8.05. The number of hydrogen-bond acceptors (Lipinski definition) is 2. The van der Waals surface area contributed by atoms with E-state index >= 15 is 0 Å². The van der Waals surface area contributed by atoms with E-state index in [0.717, 1.165) is 24.1 Å². The normalized spacial score (nSPS) is 23.8. The van der Waals surface area contributed by atoms with Crippen LogP contribution in [0.15, 0.2) is 18.2 Å². The molecule has 1 aromatic carbocycles. The van der Waals surface area contributed by atoms with Crippen LogP contribution < -0.4 is 10.1 Å². The third-order valence-electron chi connectivity index (χ3n) is 4.69. The number of nitrogens with one attached hydrogen (secondary N) is 1. The Morgan fingerprint density at radius 3 is 2.75 bits per heavy atom. The quantitative estimate of drug-likeness (QED) is 0.826. The van der Waals surface area contributed by atoms with E-state index in [9.17, 15) is 0 Å². The molecule has 3 unspecified atom stereocenters. The number of rotatable bonds is 6. The van der Waals surface area contributed by atoms with Gasteiger partial charge in [-0.2, -0.15) is 0 Å². The van der Waals surface area contributed by atoms with Gasteiger partial charge in [-0.25, -0.2) is 0 Å². The molecule has 2 nitrogen and oxygen atoms in total. The van der Waals surface area contributed by atoms with E-state index in [4.69, 9.17) is 4.74 Å². The third kappa shape index (κ3) is 3.35. The van der Waals surface area contributed by atoms with Crippen molar-refractivity contribution in [1.29, 1.82) is 0 Å². The second-order valence-corrected chi connectivity index (χ2v) is 6.25. The Kier molecular flexibility index (Phi) is 5.47. The minimum absolute atomic E-state index is 0.433. The zero-order valence-corrected chi connectivity index (χ0v) is 13.4. The summed E-state index contributed by atoms with van der Waals surface area (Å²) < 4.78 is 5.62. The van der Waals surface area contributed by atoms with Gasteiger partial charge in [0.2, 0.25) is 0 Å². The molecule has 0 heterocycles. The average molecular weight is 275 g/mol. The van der Waals surface area contributed by atoms with Crippen molar-refractivity contribution in [3.05, 3.63) is 29.3 Å². The second kappa shape index (κ2) is 7.12. The van der Waals surface area contributed by atoms with Crippen LogP contribution in [0.5, 0.6) is 5.75 Å². The molecule has 3 atom stereocenters. The summed E-state index contributed by atoms with van der Waals surface area (Å²) in [5, 5.41) is 3.78. The molecule has 2 heteroatoms. The van der Waals surface area contributed by atoms with Crippen LogP contribution in [0.25, 0.3) is 0 Å². The minimum atomic E-state index is 0.433. The van der Waals surface area contributed by atoms with Gasteiger partial charge in [-0.05, 0) is 44.2 Å². The van der Waals surface area contributed by atoms with Crippen molar-refractivity contribution >= 4 is 0 Å². The van der Waals surface area contributed by atoms with Crippen molar-refractivity contribution in [1.82, 2.24) is 5.32 Å². The summed E-state index contributed by atoms with van der Waals surface area (Å²) in [5.74, 6) is 2.56. The van der Waals surface area contributed by atoms with Crippen LogP contribution in [0, 0.1) is 18.8 Å². The Morgan fingerprint density at radius 2 is 2.15 bits per heavy atom. The van der Waals surface area contributed by atoms with E-state index in [1.54, 1.807) is 7.11 Å². The second-order valence-electron chi connectivity index (χ2n) is 6.25. The van der Waals surface area contributed by atoms with Crippen molar-refractivity contribution < 1.29 is 4.74 Å². The monoisotopic (exact) mass is 275 g/mol. The van der Waals surface area contributed by atoms with Crippen molar-refractivity contribution in [2.75, 3.05) is 13.7 Å². The lowest BCUT2D eigenvalue weighted by Crippen LogP contribution is -2.30. The Bertz CT molecular complexity index is 429. The van der Waals surface area contributed by atoms with Gasteiger partial charge in [0, 0.05) is 11.6 Å². The lowest BCUT2D eigenvalue weighted by atomic mass is 9.85. The maximum atomic E-state index is 5.62. The van der Waals surface area contributed by atoms with Crippen molar-refractivity contribution in [2.24, 2.45) is 11.8 Å². The highest BCUT2D eigenvalue weighted by atomic mass is 16.5. The van der Waals surface area contributed by atoms with E-state index in [2.05, 4.69) is 44.3 Å². The van der Waals surface area contributed by atoms with Crippen LogP contribution >= 0.6 is 0 Å². The molecule has 0 saturated heterocycles. The maximum Gasteiger partial charge on any atom is 0.123 e. The van der Waals surface area contributed by atoms with Crippen molar-refractivity contribution in [2.45, 2.75) is 52.5 Å². The molecule has 112 valence electrons. The van der Waals surface area contributed by atoms with Crippen LogP contribution in [-0.2, 0) is 0 Å². The fraction of sp³-hybridized carbons (Fsp3) is 0.667. The van der Waals surface area contributed by atoms with Crippen LogP contribution in [0.1, 0.15) is 56.7 Å². The standard InChI is InChI=1S/C18H29NO/c1-5-11-19-18(15-8-6-7-14(15)3)16-12-13(2)9-10-17(16)20-4/h9-10,12,14-15,18-19H,5-8,11H2,1-4H3. The first-order chi connectivity index (χ1) is 9.67. The van der Waals surface area contributed by atoms with E-state index < -0.39 is 0 Å². The summed E-state index contributed by atoms with van der Waals surface area (Å²) in [6, 6.07) is 6.99. The molecule has 0 bridgehead atoms. The summed E-state index contributed by atoms with van der Waals surface area (Å²) >= 11 is 0. The molecule has 1 N–H and O–H groups in total. The fourth-order valence-electron chi connectivity index (χ4n) is 3.56. The highest BCUT2D eigenvalue weighted by molar-refractivity contribution is 5.39. The predicted molar refractivity (Wildman–Crippen MR) is 85.3 cm³/mol. The zero-order chi connectivity index (χ0) is 14.5. The molecule has 20 heavy (non-hydrogen) atoms. The molecule has 0 radical (unpaired) electrons. The number of benzene rings is 1. The zero-order valence-electron chi connectivity index (χ0n) is 13.4. The van der Waals surface area contributed by atoms with Crippen LogP contribution in [-0.4, -0.2) is 13.7 Å². The number of hydrogen-bond donors (Lipinski definition) is 1. The lowest BCUT2D eigenvalue weighted by molar-refractivity contribution is 0.292. The van der Waals surface area contributed by atoms with Gasteiger partial charge in [-0.3, -0.25) is 0 Å². The first kappa shape index (κ1) is 15.4. The largest absolute Gasteiger partial charge is 0.496 e. The third-order valence-corrected chi connectivity index (χ3v) is 4.69. The molecule has 2 rings (SSSR count). The summed E-state index contributed by atoms with van der Waals surface area (Å²) in [6.07, 6.45) is 5.23. The van der Waals surface area contributed by atoms with Crippen LogP contribution in [0.4, 0.5) is 0 Å². The van der Waals surface area contributed by atoms with Gasteiger partial charge in [0.1, 0.15) is 5.75 Å². The number of ether oxygens (including phenoxy) is 1. The molecule has 1 aromatic rings. The molecular weight excluding hydrogens is 246 g/mol. The molecular formula is C18H29NO. The Labute approximate surface area is 123 Å². The van der Waals surface area contributed by atoms with E-state index in [-0.39, 0.29) is 0 Å². The van der Waals surface area contributed by atoms with Crippen LogP contribution in [0.3, 0.4) is 0 Å². The Balaban J connectivity index is 2.32. The highest BCUT2D eigenvalue weighted by Gasteiger charge is 2.32. The SMILES string of the molecule is CCCNC(c1cc(C)ccc1OC)C1CCCC1C. The van der Waals surface area contributed by atoms with Gasteiger partial charge in [0.05, 0.1) is 7.11 Å². The number of methoxy groups -OCH3 is 1. The molecule has 1 aliphatic rings. The topological polar surface area (TPSA) is 21.3 Å². The first-order valence-corrected chi connectivity index (χ1v) is 8.05. The molecule has 1 aliphatic carbocycles. The smallest absolute Gasteiger partial charge is 0.123 e. The lowest BCUT2D eigenvalue weighted by Gasteiger charge is -2.30. The summed E-state index contributed by atoms with van der Waals surface area (Å²) in [7, 11) is 1.78. The molecule has 0 aromatic heterocycles. The number of aryl methyl sites for hydroxylation is 1. The molecule has 0 amide bonds. The van der Waals surface area contributed by atoms with Gasteiger partial charge >= 0.3 is 0 Å². The van der Waals surface area contributed by atoms with E-state index in [1.165, 1.54) is 36.8 Å². The fourth-order valence-corrected chi connectivity index (χ4v) is 3.56. The van der Waals surface area contributed by atoms with Gasteiger partial charge in [-0.1, -0.05) is 44.4 Å². The highest BCUT2D eigenvalue weighted by Crippen LogP contribution is 2.42. The van der Waals surface area contributed by atoms with Gasteiger partial charge in [0.25, 0.3) is 0 Å². The van der Waals surface area contributed by atoms with E-state index in [1.807, 2.05) is 0 Å². The van der Waals surface area contributed by atoms with E-state index in [0.29, 0.717) is 6.04 Å². The molecule has 1 saturated carbocycles. The summed E-state index contributed by atoms with van der Waals surface area (Å²) in [5.41, 5.74) is 2.66. The maximum absolute atomic E-state index is 5.62. The Hall–Kier alpha value is -1.02. The van der Waals surface area contributed by atoms with Gasteiger partial charge in [-0.15, -0.1) is 0 Å². The van der Waals surface area contributed by atoms with Crippen LogP contribution in [0.2, 0.25) is 0 Å². The predicted octanol–water partition coefficient (Wildman–Crippen LogP) is 4.48. The van der Waals surface area contributed by atoms with Gasteiger partial charge < -0.3 is 10.1 Å².